The SMILES string of the molecule is C1[Si]SP1. The molecule has 0 aliphatic carbocycles. The van der Waals surface area contributed by atoms with Crippen molar-refractivity contribution in [3.05, 3.63) is 0 Å². The standard InChI is InChI=1S/CH3PSSi/c1-2-3-4-1/h2H,1H2. The number of hydrogen-bond acceptors (Lipinski definition) is 1. The first kappa shape index (κ1) is 3.20. The fraction of sp³-hybridized carbons (Fsp3) is 1.00. The third-order valence-electron chi connectivity index (χ3n) is 0.289. The zero-order valence-corrected chi connectivity index (χ0v) is 4.93. The van der Waals surface area contributed by atoms with E-state index >= 15 is 0 Å². The second-order valence-corrected chi connectivity index (χ2v) is 6.94. The molecule has 1 rings (SSSR count). The van der Waals surface area contributed by atoms with Gasteiger partial charge in [0.05, 0.1) is 0 Å². The first-order chi connectivity index (χ1) is 2.00. The largest absolute Gasteiger partial charge is 0.166 e. The van der Waals surface area contributed by atoms with Gasteiger partial charge >= 0.3 is 0 Å². The summed E-state index contributed by atoms with van der Waals surface area (Å²) >= 11 is 0. The first-order valence-corrected chi connectivity index (χ1v) is 5.80. The minimum atomic E-state index is 1.25. The Balaban J connectivity index is 2.00. The summed E-state index contributed by atoms with van der Waals surface area (Å²) in [4.78, 5) is 0. The highest BCUT2D eigenvalue weighted by molar-refractivity contribution is 8.67. The van der Waals surface area contributed by atoms with Crippen LogP contribution in [0, 0.1) is 0 Å². The third kappa shape index (κ3) is 0.479. The molecule has 0 nitrogen and oxygen atoms in total. The molecule has 1 fully saturated rings. The molecule has 22 valence electrons. The molecule has 0 bridgehead atoms. The van der Waals surface area contributed by atoms with Gasteiger partial charge in [0.1, 0.15) is 8.67 Å². The lowest BCUT2D eigenvalue weighted by atomic mass is 11.9. The molecule has 0 saturated carbocycles. The maximum absolute atomic E-state index is 2.09. The average Bonchev–Trinajstić information content (AvgIpc) is 0.722. The van der Waals surface area contributed by atoms with E-state index in [9.17, 15) is 0 Å². The number of rotatable bonds is 0. The lowest BCUT2D eigenvalue weighted by Crippen LogP contribution is -1.90. The van der Waals surface area contributed by atoms with Crippen LogP contribution in [-0.2, 0) is 0 Å². The summed E-state index contributed by atoms with van der Waals surface area (Å²) in [6.07, 6.45) is 0. The molecule has 1 aliphatic rings. The van der Waals surface area contributed by atoms with E-state index in [-0.39, 0.29) is 0 Å². The van der Waals surface area contributed by atoms with Crippen molar-refractivity contribution in [3.8, 4) is 0 Å². The Kier molecular flexibility index (Phi) is 1.15. The highest BCUT2D eigenvalue weighted by atomic mass is 32.8. The van der Waals surface area contributed by atoms with Gasteiger partial charge in [-0.1, -0.05) is 7.78 Å². The van der Waals surface area contributed by atoms with Gasteiger partial charge < -0.3 is 0 Å². The Morgan fingerprint density at radius 3 is 2.25 bits per heavy atom. The second-order valence-electron chi connectivity index (χ2n) is 0.568. The second kappa shape index (κ2) is 1.44. The smallest absolute Gasteiger partial charge is 0.134 e. The van der Waals surface area contributed by atoms with Gasteiger partial charge in [0, 0.05) is 0 Å². The number of hydrogen-bond donors (Lipinski definition) is 0. The van der Waals surface area contributed by atoms with E-state index in [1.807, 2.05) is 0 Å². The van der Waals surface area contributed by atoms with Crippen molar-refractivity contribution >= 4 is 27.3 Å². The van der Waals surface area contributed by atoms with Crippen molar-refractivity contribution in [2.45, 2.75) is 0 Å². The lowest BCUT2D eigenvalue weighted by Gasteiger charge is -2.04. The Labute approximate surface area is 33.7 Å². The summed E-state index contributed by atoms with van der Waals surface area (Å²) in [5.74, 6) is 1.52. The van der Waals surface area contributed by atoms with E-state index in [0.717, 1.165) is 0 Å². The molecule has 1 aliphatic heterocycles. The molecule has 0 spiro atoms. The molecule has 0 aromatic heterocycles. The van der Waals surface area contributed by atoms with Crippen LogP contribution in [0.5, 0.6) is 0 Å². The fourth-order valence-electron chi connectivity index (χ4n) is 0.0722. The molecule has 3 heteroatoms. The summed E-state index contributed by atoms with van der Waals surface area (Å²) in [6.45, 7) is 0. The van der Waals surface area contributed by atoms with Crippen LogP contribution in [0.25, 0.3) is 0 Å². The topological polar surface area (TPSA) is 0 Å². The molecule has 1 heterocycles. The monoisotopic (exact) mass is 106 g/mol. The van der Waals surface area contributed by atoms with Crippen LogP contribution in [0.15, 0.2) is 0 Å². The Hall–Kier alpha value is 0.997. The molecule has 0 aromatic rings. The van der Waals surface area contributed by atoms with E-state index in [1.165, 1.54) is 22.2 Å². The van der Waals surface area contributed by atoms with Crippen LogP contribution in [0.2, 0.25) is 0 Å². The van der Waals surface area contributed by atoms with Crippen LogP contribution < -0.4 is 0 Å². The van der Waals surface area contributed by atoms with Crippen LogP contribution in [0.4, 0.5) is 0 Å². The molecule has 0 N–H and O–H groups in total. The van der Waals surface area contributed by atoms with E-state index in [4.69, 9.17) is 0 Å². The maximum Gasteiger partial charge on any atom is 0.134 e. The minimum Gasteiger partial charge on any atom is -0.166 e. The predicted octanol–water partition coefficient (Wildman–Crippen LogP) is 0.903. The molecule has 0 aromatic carbocycles. The summed E-state index contributed by atoms with van der Waals surface area (Å²) in [7, 11) is 4.59. The Morgan fingerprint density at radius 1 is 2.00 bits per heavy atom. The van der Waals surface area contributed by atoms with Gasteiger partial charge in [-0.05, 0) is 5.79 Å². The zero-order valence-electron chi connectivity index (χ0n) is 2.12. The Morgan fingerprint density at radius 2 is 2.25 bits per heavy atom. The van der Waals surface area contributed by atoms with E-state index in [0.29, 0.717) is 0 Å². The summed E-state index contributed by atoms with van der Waals surface area (Å²) in [5, 5.41) is 0. The molecule has 2 radical (unpaired) electrons. The zero-order chi connectivity index (χ0) is 2.83. The fourth-order valence-corrected chi connectivity index (χ4v) is 1.95. The minimum absolute atomic E-state index is 1.25. The highest BCUT2D eigenvalue weighted by Crippen LogP contribution is 2.37. The summed E-state index contributed by atoms with van der Waals surface area (Å²) in [6, 6.07) is 0. The third-order valence-corrected chi connectivity index (χ3v) is 7.79. The van der Waals surface area contributed by atoms with Crippen molar-refractivity contribution < 1.29 is 0 Å². The predicted molar refractivity (Wildman–Crippen MR) is 26.5 cm³/mol. The average molecular weight is 106 g/mol. The maximum atomic E-state index is 2.09. The molecule has 0 amide bonds. The van der Waals surface area contributed by atoms with Gasteiger partial charge in [-0.3, -0.25) is 0 Å². The van der Waals surface area contributed by atoms with Crippen LogP contribution in [0.1, 0.15) is 0 Å². The van der Waals surface area contributed by atoms with Gasteiger partial charge in [0.15, 0.2) is 0 Å². The van der Waals surface area contributed by atoms with Gasteiger partial charge in [-0.2, -0.15) is 10.8 Å². The van der Waals surface area contributed by atoms with Crippen molar-refractivity contribution in [2.24, 2.45) is 0 Å². The van der Waals surface area contributed by atoms with Gasteiger partial charge in [-0.25, -0.2) is 0 Å². The van der Waals surface area contributed by atoms with Crippen LogP contribution in [-0.4, -0.2) is 14.5 Å². The molecular weight excluding hydrogens is 103 g/mol. The quantitative estimate of drug-likeness (QED) is 0.326. The van der Waals surface area contributed by atoms with E-state index in [1.54, 1.807) is 0 Å². The molecule has 4 heavy (non-hydrogen) atoms. The van der Waals surface area contributed by atoms with Gasteiger partial charge in [0.2, 0.25) is 0 Å². The van der Waals surface area contributed by atoms with Crippen molar-refractivity contribution in [3.63, 3.8) is 0 Å². The summed E-state index contributed by atoms with van der Waals surface area (Å²) in [5.41, 5.74) is 0. The molecule has 1 unspecified atom stereocenters. The van der Waals surface area contributed by atoms with Crippen molar-refractivity contribution in [1.82, 2.24) is 0 Å². The lowest BCUT2D eigenvalue weighted by molar-refractivity contribution is 2.21. The first-order valence-electron chi connectivity index (χ1n) is 1.12. The molecular formula is CH3PSSi. The summed E-state index contributed by atoms with van der Waals surface area (Å²) < 4.78 is 0. The van der Waals surface area contributed by atoms with Gasteiger partial charge in [-0.15, -0.1) is 0 Å². The Bertz CT molecular complexity index is 16.0. The van der Waals surface area contributed by atoms with E-state index < -0.39 is 0 Å². The van der Waals surface area contributed by atoms with Crippen molar-refractivity contribution in [1.29, 1.82) is 0 Å². The van der Waals surface area contributed by atoms with E-state index in [2.05, 4.69) is 10.8 Å². The molecule has 1 saturated heterocycles. The van der Waals surface area contributed by atoms with Crippen LogP contribution in [0.3, 0.4) is 0 Å². The molecule has 1 atom stereocenters. The normalized spacial score (nSPS) is 30.0. The van der Waals surface area contributed by atoms with Crippen LogP contribution >= 0.6 is 18.6 Å². The van der Waals surface area contributed by atoms with Crippen molar-refractivity contribution in [2.75, 3.05) is 5.79 Å². The van der Waals surface area contributed by atoms with Gasteiger partial charge in [0.25, 0.3) is 0 Å². The highest BCUT2D eigenvalue weighted by Gasteiger charge is 1.97.